The van der Waals surface area contributed by atoms with Crippen LogP contribution in [0.25, 0.3) is 11.6 Å². The van der Waals surface area contributed by atoms with Gasteiger partial charge in [0.1, 0.15) is 0 Å². The van der Waals surface area contributed by atoms with E-state index in [0.717, 1.165) is 62.9 Å². The molecular formula is C27H36F3N3O. The normalized spacial score (nSPS) is 18.0. The Hall–Kier alpha value is -2.54. The van der Waals surface area contributed by atoms with Gasteiger partial charge in [-0.15, -0.1) is 0 Å². The second-order valence-corrected chi connectivity index (χ2v) is 9.60. The lowest BCUT2D eigenvalue weighted by molar-refractivity contribution is -0.122. The molecule has 4 nitrogen and oxygen atoms in total. The van der Waals surface area contributed by atoms with Gasteiger partial charge in [-0.2, -0.15) is 13.2 Å². The highest BCUT2D eigenvalue weighted by atomic mass is 19.4. The number of hydrogen-bond acceptors (Lipinski definition) is 3. The number of benzene rings is 1. The van der Waals surface area contributed by atoms with Crippen LogP contribution in [0.4, 0.5) is 18.9 Å². The van der Waals surface area contributed by atoms with Crippen LogP contribution >= 0.6 is 0 Å². The van der Waals surface area contributed by atoms with Crippen molar-refractivity contribution in [1.82, 2.24) is 10.2 Å². The number of nitrogens with zero attached hydrogens (tertiary/aromatic N) is 1. The zero-order valence-corrected chi connectivity index (χ0v) is 20.2. The molecule has 2 N–H and O–H groups in total. The molecule has 0 atom stereocenters. The Kier molecular flexibility index (Phi) is 8.63. The standard InChI is InChI=1S/C27H36F3N3O/c1-18(7-6-14-31-26(34)21-10-11-21)17-24-23(19(2)20(3)27(28,29)30)8-5-9-25(24)32-22-12-15-33(4)16-13-22/h5,8-9,17,21-22,32H,2-3,6-7,10-16H2,1,4H3,(H,31,34)/b18-17+. The zero-order chi connectivity index (χ0) is 24.9. The lowest BCUT2D eigenvalue weighted by Crippen LogP contribution is -2.36. The fourth-order valence-corrected chi connectivity index (χ4v) is 4.20. The zero-order valence-electron chi connectivity index (χ0n) is 20.2. The minimum Gasteiger partial charge on any atom is -0.382 e. The first-order chi connectivity index (χ1) is 16.1. The van der Waals surface area contributed by atoms with Gasteiger partial charge in [-0.05, 0) is 82.8 Å². The summed E-state index contributed by atoms with van der Waals surface area (Å²) in [7, 11) is 2.09. The maximum absolute atomic E-state index is 13.4. The number of hydrogen-bond donors (Lipinski definition) is 2. The van der Waals surface area contributed by atoms with Crippen molar-refractivity contribution in [3.8, 4) is 0 Å². The smallest absolute Gasteiger partial charge is 0.382 e. The van der Waals surface area contributed by atoms with Crippen molar-refractivity contribution >= 4 is 23.2 Å². The molecule has 7 heteroatoms. The molecule has 34 heavy (non-hydrogen) atoms. The van der Waals surface area contributed by atoms with Crippen LogP contribution in [0, 0.1) is 5.92 Å². The third kappa shape index (κ3) is 7.23. The molecule has 1 aromatic carbocycles. The van der Waals surface area contributed by atoms with Crippen LogP contribution in [0.5, 0.6) is 0 Å². The number of alkyl halides is 3. The van der Waals surface area contributed by atoms with Crippen LogP contribution in [0.2, 0.25) is 0 Å². The van der Waals surface area contributed by atoms with Gasteiger partial charge < -0.3 is 15.5 Å². The second kappa shape index (κ2) is 11.3. The quantitative estimate of drug-likeness (QED) is 0.321. The van der Waals surface area contributed by atoms with Gasteiger partial charge in [-0.3, -0.25) is 4.79 Å². The van der Waals surface area contributed by atoms with Gasteiger partial charge in [-0.25, -0.2) is 0 Å². The predicted molar refractivity (Wildman–Crippen MR) is 133 cm³/mol. The molecule has 1 saturated carbocycles. The van der Waals surface area contributed by atoms with E-state index in [1.165, 1.54) is 0 Å². The van der Waals surface area contributed by atoms with E-state index in [0.29, 0.717) is 17.7 Å². The average Bonchev–Trinajstić information content (AvgIpc) is 3.63. The van der Waals surface area contributed by atoms with E-state index in [9.17, 15) is 18.0 Å². The molecule has 1 saturated heterocycles. The Morgan fingerprint density at radius 1 is 1.18 bits per heavy atom. The number of rotatable bonds is 10. The summed E-state index contributed by atoms with van der Waals surface area (Å²) in [5.74, 6) is 0.308. The van der Waals surface area contributed by atoms with Gasteiger partial charge in [0, 0.05) is 29.8 Å². The number of piperidine rings is 1. The SMILES string of the molecule is C=C(C(=C)C(F)(F)F)c1cccc(NC2CCN(C)CC2)c1/C=C(\C)CCCNC(=O)C1CC1. The van der Waals surface area contributed by atoms with Crippen LogP contribution < -0.4 is 10.6 Å². The van der Waals surface area contributed by atoms with E-state index < -0.39 is 11.7 Å². The van der Waals surface area contributed by atoms with Crippen LogP contribution in [0.3, 0.4) is 0 Å². The Morgan fingerprint density at radius 2 is 1.85 bits per heavy atom. The third-order valence-electron chi connectivity index (χ3n) is 6.60. The summed E-state index contributed by atoms with van der Waals surface area (Å²) in [4.78, 5) is 14.1. The van der Waals surface area contributed by atoms with Crippen molar-refractivity contribution in [2.75, 3.05) is 32.0 Å². The molecule has 2 aliphatic rings. The van der Waals surface area contributed by atoms with Crippen molar-refractivity contribution in [3.63, 3.8) is 0 Å². The molecule has 1 heterocycles. The van der Waals surface area contributed by atoms with Crippen molar-refractivity contribution < 1.29 is 18.0 Å². The average molecular weight is 476 g/mol. The van der Waals surface area contributed by atoms with Crippen LogP contribution in [-0.4, -0.2) is 49.7 Å². The summed E-state index contributed by atoms with van der Waals surface area (Å²) in [5, 5.41) is 6.53. The van der Waals surface area contributed by atoms with E-state index in [1.807, 2.05) is 19.1 Å². The van der Waals surface area contributed by atoms with Crippen LogP contribution in [-0.2, 0) is 4.79 Å². The van der Waals surface area contributed by atoms with Crippen molar-refractivity contribution in [2.45, 2.75) is 57.7 Å². The molecule has 1 aromatic rings. The highest BCUT2D eigenvalue weighted by Crippen LogP contribution is 2.38. The number of carbonyl (C=O) groups is 1. The fraction of sp³-hybridized carbons (Fsp3) is 0.519. The molecule has 3 rings (SSSR count). The van der Waals surface area contributed by atoms with Gasteiger partial charge in [0.25, 0.3) is 0 Å². The minimum atomic E-state index is -4.54. The number of allylic oxidation sites excluding steroid dienone is 3. The Balaban J connectivity index is 1.79. The first-order valence-corrected chi connectivity index (χ1v) is 12.0. The summed E-state index contributed by atoms with van der Waals surface area (Å²) >= 11 is 0. The highest BCUT2D eigenvalue weighted by molar-refractivity contribution is 5.87. The van der Waals surface area contributed by atoms with Crippen molar-refractivity contribution in [1.29, 1.82) is 0 Å². The number of nitrogens with one attached hydrogen (secondary N) is 2. The first kappa shape index (κ1) is 26.1. The second-order valence-electron chi connectivity index (χ2n) is 9.60. The predicted octanol–water partition coefficient (Wildman–Crippen LogP) is 6.03. The number of likely N-dealkylation sites (tertiary alicyclic amines) is 1. The number of carbonyl (C=O) groups excluding carboxylic acids is 1. The molecule has 1 amide bonds. The van der Waals surface area contributed by atoms with Gasteiger partial charge >= 0.3 is 6.18 Å². The lowest BCUT2D eigenvalue weighted by Gasteiger charge is -2.31. The van der Waals surface area contributed by atoms with Crippen LogP contribution in [0.15, 0.2) is 42.5 Å². The Bertz CT molecular complexity index is 939. The monoisotopic (exact) mass is 475 g/mol. The van der Waals surface area contributed by atoms with E-state index in [2.05, 4.69) is 35.7 Å². The molecule has 1 aliphatic carbocycles. The number of amides is 1. The Labute approximate surface area is 201 Å². The van der Waals surface area contributed by atoms with Gasteiger partial charge in [0.2, 0.25) is 5.91 Å². The molecule has 0 aromatic heterocycles. The van der Waals surface area contributed by atoms with E-state index in [-0.39, 0.29) is 23.4 Å². The van der Waals surface area contributed by atoms with Crippen molar-refractivity contribution in [2.24, 2.45) is 5.92 Å². The maximum Gasteiger partial charge on any atom is 0.416 e. The number of halogens is 3. The lowest BCUT2D eigenvalue weighted by atomic mass is 9.92. The van der Waals surface area contributed by atoms with Gasteiger partial charge in [0.05, 0.1) is 5.57 Å². The van der Waals surface area contributed by atoms with E-state index >= 15 is 0 Å². The summed E-state index contributed by atoms with van der Waals surface area (Å²) in [6, 6.07) is 5.62. The molecule has 0 spiro atoms. The largest absolute Gasteiger partial charge is 0.416 e. The molecule has 0 bridgehead atoms. The number of anilines is 1. The molecular weight excluding hydrogens is 439 g/mol. The van der Waals surface area contributed by atoms with Gasteiger partial charge in [-0.1, -0.05) is 36.9 Å². The summed E-state index contributed by atoms with van der Waals surface area (Å²) in [5.41, 5.74) is 1.93. The molecule has 1 aliphatic heterocycles. The maximum atomic E-state index is 13.4. The summed E-state index contributed by atoms with van der Waals surface area (Å²) < 4.78 is 40.2. The van der Waals surface area contributed by atoms with E-state index in [1.54, 1.807) is 12.1 Å². The molecule has 0 unspecified atom stereocenters. The van der Waals surface area contributed by atoms with E-state index in [4.69, 9.17) is 0 Å². The summed E-state index contributed by atoms with van der Waals surface area (Å²) in [6.07, 6.45) is 2.81. The van der Waals surface area contributed by atoms with Gasteiger partial charge in [0.15, 0.2) is 0 Å². The minimum absolute atomic E-state index is 0.115. The Morgan fingerprint density at radius 3 is 2.47 bits per heavy atom. The molecule has 186 valence electrons. The van der Waals surface area contributed by atoms with Crippen LogP contribution in [0.1, 0.15) is 56.6 Å². The van der Waals surface area contributed by atoms with Crippen molar-refractivity contribution in [3.05, 3.63) is 53.6 Å². The fourth-order valence-electron chi connectivity index (χ4n) is 4.20. The summed E-state index contributed by atoms with van der Waals surface area (Å²) in [6.45, 7) is 11.5. The third-order valence-corrected chi connectivity index (χ3v) is 6.60. The highest BCUT2D eigenvalue weighted by Gasteiger charge is 2.34. The molecule has 0 radical (unpaired) electrons. The first-order valence-electron chi connectivity index (χ1n) is 12.0. The topological polar surface area (TPSA) is 44.4 Å². The molecule has 2 fully saturated rings.